The molecule has 1 amide bonds. The van der Waals surface area contributed by atoms with Crippen molar-refractivity contribution in [2.75, 3.05) is 23.4 Å². The van der Waals surface area contributed by atoms with Gasteiger partial charge in [0.05, 0.1) is 11.7 Å². The molecule has 1 aromatic carbocycles. The van der Waals surface area contributed by atoms with Crippen molar-refractivity contribution < 1.29 is 22.7 Å². The molecule has 7 heteroatoms. The van der Waals surface area contributed by atoms with Crippen molar-refractivity contribution in [3.63, 3.8) is 0 Å². The molecular weight excluding hydrogens is 321 g/mol. The minimum Gasteiger partial charge on any atom is -0.489 e. The summed E-state index contributed by atoms with van der Waals surface area (Å²) in [4.78, 5) is 13.4. The van der Waals surface area contributed by atoms with Crippen molar-refractivity contribution in [2.24, 2.45) is 5.41 Å². The van der Waals surface area contributed by atoms with Crippen LogP contribution in [0.25, 0.3) is 0 Å². The molecule has 1 N–H and O–H groups in total. The fourth-order valence-corrected chi connectivity index (χ4v) is 2.48. The highest BCUT2D eigenvalue weighted by Crippen LogP contribution is 2.38. The third kappa shape index (κ3) is 4.33. The van der Waals surface area contributed by atoms with E-state index in [2.05, 4.69) is 5.32 Å². The largest absolute Gasteiger partial charge is 0.489 e. The second kappa shape index (κ2) is 6.53. The summed E-state index contributed by atoms with van der Waals surface area (Å²) >= 11 is 0. The number of anilines is 2. The van der Waals surface area contributed by atoms with Crippen LogP contribution in [-0.4, -0.2) is 31.3 Å². The van der Waals surface area contributed by atoms with Crippen LogP contribution in [-0.2, 0) is 4.79 Å². The predicted molar refractivity (Wildman–Crippen MR) is 87.5 cm³/mol. The van der Waals surface area contributed by atoms with Crippen LogP contribution in [0.3, 0.4) is 0 Å². The summed E-state index contributed by atoms with van der Waals surface area (Å²) in [5, 5.41) is 2.76. The summed E-state index contributed by atoms with van der Waals surface area (Å²) < 4.78 is 44.3. The lowest BCUT2D eigenvalue weighted by Crippen LogP contribution is -2.47. The first-order chi connectivity index (χ1) is 11.0. The maximum Gasteiger partial charge on any atom is 0.405 e. The Morgan fingerprint density at radius 1 is 1.33 bits per heavy atom. The van der Waals surface area contributed by atoms with Crippen LogP contribution in [0.15, 0.2) is 18.2 Å². The number of ether oxygens (including phenoxy) is 1. The van der Waals surface area contributed by atoms with Crippen LogP contribution in [0, 0.1) is 5.41 Å². The van der Waals surface area contributed by atoms with Crippen molar-refractivity contribution in [1.29, 1.82) is 0 Å². The van der Waals surface area contributed by atoms with Gasteiger partial charge in [0.15, 0.2) is 0 Å². The molecule has 0 fully saturated rings. The molecule has 0 aromatic heterocycles. The quantitative estimate of drug-likeness (QED) is 0.893. The molecule has 0 saturated heterocycles. The Bertz CT molecular complexity index is 609. The zero-order chi connectivity index (χ0) is 18.1. The van der Waals surface area contributed by atoms with Crippen LogP contribution in [0.5, 0.6) is 5.75 Å². The second-order valence-electron chi connectivity index (χ2n) is 7.00. The zero-order valence-corrected chi connectivity index (χ0v) is 14.3. The lowest BCUT2D eigenvalue weighted by molar-refractivity contribution is -0.123. The Kier molecular flexibility index (Phi) is 5.01. The van der Waals surface area contributed by atoms with E-state index >= 15 is 0 Å². The molecule has 1 aliphatic rings. The van der Waals surface area contributed by atoms with Gasteiger partial charge in [0.25, 0.3) is 0 Å². The third-order valence-corrected chi connectivity index (χ3v) is 3.90. The monoisotopic (exact) mass is 344 g/mol. The highest BCUT2D eigenvalue weighted by atomic mass is 19.4. The fourth-order valence-electron chi connectivity index (χ4n) is 2.48. The van der Waals surface area contributed by atoms with E-state index < -0.39 is 18.1 Å². The van der Waals surface area contributed by atoms with Gasteiger partial charge in [-0.15, -0.1) is 0 Å². The van der Waals surface area contributed by atoms with Gasteiger partial charge >= 0.3 is 6.18 Å². The maximum atomic E-state index is 12.9. The zero-order valence-electron chi connectivity index (χ0n) is 14.3. The average molecular weight is 344 g/mol. The molecule has 0 aliphatic carbocycles. The smallest absolute Gasteiger partial charge is 0.405 e. The van der Waals surface area contributed by atoms with Crippen LogP contribution in [0.1, 0.15) is 34.1 Å². The Labute approximate surface area is 140 Å². The van der Waals surface area contributed by atoms with Gasteiger partial charge in [0.1, 0.15) is 18.9 Å². The van der Waals surface area contributed by atoms with Gasteiger partial charge in [-0.2, -0.15) is 13.2 Å². The van der Waals surface area contributed by atoms with Crippen molar-refractivity contribution in [2.45, 2.75) is 46.3 Å². The highest BCUT2D eigenvalue weighted by Gasteiger charge is 2.37. The first-order valence-corrected chi connectivity index (χ1v) is 7.93. The number of fused-ring (bicyclic) bond motifs is 1. The molecule has 1 aliphatic heterocycles. The van der Waals surface area contributed by atoms with Crippen LogP contribution in [0.2, 0.25) is 0 Å². The standard InChI is InChI=1S/C17H23F3N2O2/c1-5-12-9-24-14-8-11(21-15(23)16(2,3)4)6-7-13(14)22(12)10-17(18,19)20/h6-8,12H,5,9-10H2,1-4H3,(H,21,23)/t12-/m1/s1. The number of hydrogen-bond acceptors (Lipinski definition) is 3. The molecule has 0 bridgehead atoms. The van der Waals surface area contributed by atoms with Crippen molar-refractivity contribution in [3.05, 3.63) is 18.2 Å². The number of carbonyl (C=O) groups excluding carboxylic acids is 1. The molecule has 4 nitrogen and oxygen atoms in total. The Morgan fingerprint density at radius 2 is 2.00 bits per heavy atom. The van der Waals surface area contributed by atoms with E-state index in [1.165, 1.54) is 4.90 Å². The van der Waals surface area contributed by atoms with Gasteiger partial charge in [0, 0.05) is 17.2 Å². The van der Waals surface area contributed by atoms with Crippen LogP contribution >= 0.6 is 0 Å². The number of alkyl halides is 3. The van der Waals surface area contributed by atoms with E-state index in [0.717, 1.165) is 0 Å². The Balaban J connectivity index is 2.27. The maximum absolute atomic E-state index is 12.9. The molecule has 0 saturated carbocycles. The summed E-state index contributed by atoms with van der Waals surface area (Å²) in [7, 11) is 0. The van der Waals surface area contributed by atoms with Gasteiger partial charge in [-0.25, -0.2) is 0 Å². The third-order valence-electron chi connectivity index (χ3n) is 3.90. The topological polar surface area (TPSA) is 41.6 Å². The highest BCUT2D eigenvalue weighted by molar-refractivity contribution is 5.95. The number of benzene rings is 1. The number of carbonyl (C=O) groups is 1. The minimum atomic E-state index is -4.29. The van der Waals surface area contributed by atoms with Crippen LogP contribution in [0.4, 0.5) is 24.5 Å². The molecule has 1 heterocycles. The number of hydrogen-bond donors (Lipinski definition) is 1. The average Bonchev–Trinajstić information content (AvgIpc) is 2.45. The van der Waals surface area contributed by atoms with Crippen molar-refractivity contribution >= 4 is 17.3 Å². The van der Waals surface area contributed by atoms with E-state index in [1.807, 2.05) is 6.92 Å². The number of nitrogens with zero attached hydrogens (tertiary/aromatic N) is 1. The summed E-state index contributed by atoms with van der Waals surface area (Å²) in [6.07, 6.45) is -3.74. The number of rotatable bonds is 3. The molecule has 24 heavy (non-hydrogen) atoms. The van der Waals surface area contributed by atoms with Gasteiger partial charge < -0.3 is 15.0 Å². The first-order valence-electron chi connectivity index (χ1n) is 7.93. The molecule has 0 spiro atoms. The number of amides is 1. The van der Waals surface area contributed by atoms with E-state index in [0.29, 0.717) is 23.5 Å². The lowest BCUT2D eigenvalue weighted by Gasteiger charge is -2.38. The van der Waals surface area contributed by atoms with Crippen molar-refractivity contribution in [3.8, 4) is 5.75 Å². The van der Waals surface area contributed by atoms with Gasteiger partial charge in [0.2, 0.25) is 5.91 Å². The van der Waals surface area contributed by atoms with Gasteiger partial charge in [-0.3, -0.25) is 4.79 Å². The lowest BCUT2D eigenvalue weighted by atomic mass is 9.95. The van der Waals surface area contributed by atoms with Crippen molar-refractivity contribution in [1.82, 2.24) is 0 Å². The molecule has 1 aromatic rings. The first kappa shape index (κ1) is 18.4. The second-order valence-corrected chi connectivity index (χ2v) is 7.00. The number of nitrogens with one attached hydrogen (secondary N) is 1. The molecular formula is C17H23F3N2O2. The molecule has 2 rings (SSSR count). The predicted octanol–water partition coefficient (Wildman–Crippen LogP) is 4.21. The SMILES string of the molecule is CC[C@@H]1COc2cc(NC(=O)C(C)(C)C)ccc2N1CC(F)(F)F. The molecule has 1 atom stereocenters. The summed E-state index contributed by atoms with van der Waals surface area (Å²) in [6, 6.07) is 4.43. The molecule has 0 radical (unpaired) electrons. The van der Waals surface area contributed by atoms with E-state index in [9.17, 15) is 18.0 Å². The molecule has 0 unspecified atom stereocenters. The van der Waals surface area contributed by atoms with Crippen LogP contribution < -0.4 is 15.0 Å². The minimum absolute atomic E-state index is 0.170. The molecule has 134 valence electrons. The summed E-state index contributed by atoms with van der Waals surface area (Å²) in [5.74, 6) is 0.188. The van der Waals surface area contributed by atoms with E-state index in [1.54, 1.807) is 39.0 Å². The van der Waals surface area contributed by atoms with Gasteiger partial charge in [-0.1, -0.05) is 27.7 Å². The van der Waals surface area contributed by atoms with Gasteiger partial charge in [-0.05, 0) is 18.6 Å². The Morgan fingerprint density at radius 3 is 2.54 bits per heavy atom. The number of halogens is 3. The summed E-state index contributed by atoms with van der Waals surface area (Å²) in [6.45, 7) is 6.36. The van der Waals surface area contributed by atoms with E-state index in [-0.39, 0.29) is 18.6 Å². The normalized spacial score (nSPS) is 18.0. The van der Waals surface area contributed by atoms with E-state index in [4.69, 9.17) is 4.74 Å². The Hall–Kier alpha value is -1.92. The summed E-state index contributed by atoms with van der Waals surface area (Å²) in [5.41, 5.74) is 0.349. The fraction of sp³-hybridized carbons (Fsp3) is 0.588.